The number of nitrogens with zero attached hydrogens (tertiary/aromatic N) is 2. The number of benzene rings is 1. The van der Waals surface area contributed by atoms with Gasteiger partial charge in [-0.3, -0.25) is 9.89 Å². The minimum Gasteiger partial charge on any atom is -0.468 e. The summed E-state index contributed by atoms with van der Waals surface area (Å²) in [7, 11) is 3.92. The van der Waals surface area contributed by atoms with Gasteiger partial charge in [0.25, 0.3) is 0 Å². The highest BCUT2D eigenvalue weighted by atomic mass is 32.1. The Morgan fingerprint density at radius 3 is 2.61 bits per heavy atom. The molecule has 3 aromatic rings. The fraction of sp³-hybridized carbons (Fsp3) is 0.318. The largest absolute Gasteiger partial charge is 0.468 e. The molecule has 0 amide bonds. The number of nitrogens with one attached hydrogen (secondary N) is 2. The zero-order chi connectivity index (χ0) is 19.6. The van der Waals surface area contributed by atoms with E-state index in [1.807, 2.05) is 19.2 Å². The summed E-state index contributed by atoms with van der Waals surface area (Å²) in [5, 5.41) is 8.93. The average molecular weight is 397 g/mol. The van der Waals surface area contributed by atoms with E-state index >= 15 is 0 Å². The lowest BCUT2D eigenvalue weighted by molar-refractivity contribution is 0.287. The van der Waals surface area contributed by atoms with Crippen molar-refractivity contribution in [2.45, 2.75) is 26.1 Å². The van der Waals surface area contributed by atoms with Crippen LogP contribution in [-0.4, -0.2) is 31.5 Å². The molecule has 0 atom stereocenters. The number of hydrogen-bond donors (Lipinski definition) is 2. The van der Waals surface area contributed by atoms with Gasteiger partial charge in [0, 0.05) is 31.6 Å². The van der Waals surface area contributed by atoms with Crippen molar-refractivity contribution < 1.29 is 4.42 Å². The molecule has 0 aliphatic rings. The predicted octanol–water partition coefficient (Wildman–Crippen LogP) is 3.88. The molecule has 0 radical (unpaired) electrons. The molecular formula is C22H28N4OS. The van der Waals surface area contributed by atoms with Gasteiger partial charge in [0.05, 0.1) is 12.8 Å². The van der Waals surface area contributed by atoms with Gasteiger partial charge in [-0.25, -0.2) is 0 Å². The number of guanidine groups is 1. The van der Waals surface area contributed by atoms with E-state index in [9.17, 15) is 0 Å². The lowest BCUT2D eigenvalue weighted by Crippen LogP contribution is -2.38. The van der Waals surface area contributed by atoms with Crippen molar-refractivity contribution in [3.63, 3.8) is 0 Å². The summed E-state index contributed by atoms with van der Waals surface area (Å²) in [6, 6.07) is 16.7. The zero-order valence-corrected chi connectivity index (χ0v) is 17.3. The van der Waals surface area contributed by atoms with Crippen molar-refractivity contribution in [2.75, 3.05) is 20.6 Å². The molecule has 0 unspecified atom stereocenters. The van der Waals surface area contributed by atoms with Crippen LogP contribution in [0.2, 0.25) is 0 Å². The van der Waals surface area contributed by atoms with Gasteiger partial charge in [-0.15, -0.1) is 11.3 Å². The molecule has 0 spiro atoms. The summed E-state index contributed by atoms with van der Waals surface area (Å²) < 4.78 is 5.45. The van der Waals surface area contributed by atoms with Crippen LogP contribution in [0, 0.1) is 0 Å². The summed E-state index contributed by atoms with van der Waals surface area (Å²) in [5.74, 6) is 1.81. The van der Waals surface area contributed by atoms with Gasteiger partial charge < -0.3 is 15.1 Å². The molecule has 28 heavy (non-hydrogen) atoms. The van der Waals surface area contributed by atoms with Gasteiger partial charge in [-0.05, 0) is 48.2 Å². The van der Waals surface area contributed by atoms with Crippen molar-refractivity contribution in [1.82, 2.24) is 15.5 Å². The van der Waals surface area contributed by atoms with E-state index in [0.717, 1.165) is 44.3 Å². The van der Waals surface area contributed by atoms with E-state index in [0.29, 0.717) is 0 Å². The Hall–Kier alpha value is -2.57. The lowest BCUT2D eigenvalue weighted by atomic mass is 10.1. The highest BCUT2D eigenvalue weighted by Gasteiger charge is 2.08. The zero-order valence-electron chi connectivity index (χ0n) is 16.5. The van der Waals surface area contributed by atoms with Crippen LogP contribution in [0.1, 0.15) is 21.8 Å². The lowest BCUT2D eigenvalue weighted by Gasteiger charge is -2.19. The molecule has 0 aliphatic carbocycles. The molecule has 0 fully saturated rings. The molecule has 5 nitrogen and oxygen atoms in total. The van der Waals surface area contributed by atoms with Crippen molar-refractivity contribution in [3.05, 3.63) is 81.9 Å². The first-order chi connectivity index (χ1) is 13.7. The van der Waals surface area contributed by atoms with Gasteiger partial charge in [0.1, 0.15) is 5.76 Å². The molecule has 2 aromatic heterocycles. The monoisotopic (exact) mass is 396 g/mol. The summed E-state index contributed by atoms with van der Waals surface area (Å²) >= 11 is 1.79. The minimum atomic E-state index is 0.740. The van der Waals surface area contributed by atoms with E-state index < -0.39 is 0 Å². The van der Waals surface area contributed by atoms with Gasteiger partial charge in [0.2, 0.25) is 0 Å². The second-order valence-corrected chi connectivity index (χ2v) is 7.73. The third-order valence-electron chi connectivity index (χ3n) is 4.48. The van der Waals surface area contributed by atoms with Gasteiger partial charge >= 0.3 is 0 Å². The Balaban J connectivity index is 1.50. The molecular weight excluding hydrogens is 368 g/mol. The second kappa shape index (κ2) is 10.7. The molecule has 6 heteroatoms. The number of furan rings is 1. The van der Waals surface area contributed by atoms with Crippen LogP contribution in [0.5, 0.6) is 0 Å². The summed E-state index contributed by atoms with van der Waals surface area (Å²) in [5.41, 5.74) is 2.58. The molecule has 0 saturated heterocycles. The van der Waals surface area contributed by atoms with Crippen LogP contribution >= 0.6 is 11.3 Å². The van der Waals surface area contributed by atoms with Gasteiger partial charge in [-0.1, -0.05) is 30.3 Å². The Labute approximate surface area is 171 Å². The summed E-state index contributed by atoms with van der Waals surface area (Å²) in [6.45, 7) is 3.26. The maximum absolute atomic E-state index is 5.45. The van der Waals surface area contributed by atoms with Gasteiger partial charge in [0.15, 0.2) is 5.96 Å². The van der Waals surface area contributed by atoms with E-state index in [4.69, 9.17) is 4.42 Å². The van der Waals surface area contributed by atoms with Crippen LogP contribution in [0.3, 0.4) is 0 Å². The third-order valence-corrected chi connectivity index (χ3v) is 5.41. The molecule has 0 aliphatic heterocycles. The first-order valence-electron chi connectivity index (χ1n) is 9.49. The number of thiophene rings is 1. The Kier molecular flexibility index (Phi) is 7.70. The van der Waals surface area contributed by atoms with Crippen LogP contribution in [0.4, 0.5) is 0 Å². The standard InChI is InChI=1S/C22H28N4OS/c1-23-22(24-12-11-21-10-6-14-28-21)25-15-18-7-3-4-8-19(18)16-26(2)17-20-9-5-13-27-20/h3-10,13-14H,11-12,15-17H2,1-2H3,(H2,23,24,25). The SMILES string of the molecule is CN=C(NCCc1cccs1)NCc1ccccc1CN(C)Cc1ccco1. The molecule has 2 N–H and O–H groups in total. The van der Waals surface area contributed by atoms with Crippen LogP contribution in [-0.2, 0) is 26.1 Å². The van der Waals surface area contributed by atoms with Crippen LogP contribution in [0.25, 0.3) is 0 Å². The number of rotatable bonds is 9. The highest BCUT2D eigenvalue weighted by Crippen LogP contribution is 2.13. The van der Waals surface area contributed by atoms with Crippen molar-refractivity contribution >= 4 is 17.3 Å². The first-order valence-corrected chi connectivity index (χ1v) is 10.4. The third kappa shape index (κ3) is 6.25. The molecule has 148 valence electrons. The highest BCUT2D eigenvalue weighted by molar-refractivity contribution is 7.09. The quantitative estimate of drug-likeness (QED) is 0.426. The van der Waals surface area contributed by atoms with Crippen LogP contribution < -0.4 is 10.6 Å². The fourth-order valence-corrected chi connectivity index (χ4v) is 3.77. The van der Waals surface area contributed by atoms with E-state index in [-0.39, 0.29) is 0 Å². The Bertz CT molecular complexity index is 843. The Morgan fingerprint density at radius 1 is 1.04 bits per heavy atom. The van der Waals surface area contributed by atoms with E-state index in [1.165, 1.54) is 16.0 Å². The van der Waals surface area contributed by atoms with Crippen molar-refractivity contribution in [2.24, 2.45) is 4.99 Å². The predicted molar refractivity (Wildman–Crippen MR) is 117 cm³/mol. The number of hydrogen-bond acceptors (Lipinski definition) is 4. The van der Waals surface area contributed by atoms with Crippen LogP contribution in [0.15, 0.2) is 69.6 Å². The van der Waals surface area contributed by atoms with Crippen molar-refractivity contribution in [1.29, 1.82) is 0 Å². The second-order valence-electron chi connectivity index (χ2n) is 6.70. The maximum Gasteiger partial charge on any atom is 0.191 e. The summed E-state index contributed by atoms with van der Waals surface area (Å²) in [6.07, 6.45) is 2.73. The van der Waals surface area contributed by atoms with Crippen molar-refractivity contribution in [3.8, 4) is 0 Å². The molecule has 0 bridgehead atoms. The normalized spacial score (nSPS) is 11.8. The fourth-order valence-electron chi connectivity index (χ4n) is 3.06. The average Bonchev–Trinajstić information content (AvgIpc) is 3.39. The molecule has 2 heterocycles. The topological polar surface area (TPSA) is 52.8 Å². The molecule has 0 saturated carbocycles. The Morgan fingerprint density at radius 2 is 1.89 bits per heavy atom. The molecule has 3 rings (SSSR count). The molecule has 1 aromatic carbocycles. The summed E-state index contributed by atoms with van der Waals surface area (Å²) in [4.78, 5) is 7.98. The number of aliphatic imine (C=N–C) groups is 1. The van der Waals surface area contributed by atoms with Gasteiger partial charge in [-0.2, -0.15) is 0 Å². The van der Waals surface area contributed by atoms with E-state index in [1.54, 1.807) is 17.6 Å². The smallest absolute Gasteiger partial charge is 0.191 e. The first kappa shape index (κ1) is 20.2. The minimum absolute atomic E-state index is 0.740. The van der Waals surface area contributed by atoms with E-state index in [2.05, 4.69) is 69.4 Å². The maximum atomic E-state index is 5.45.